The van der Waals surface area contributed by atoms with E-state index in [9.17, 15) is 4.79 Å². The molecule has 1 amide bonds. The molecule has 0 fully saturated rings. The lowest BCUT2D eigenvalue weighted by molar-refractivity contribution is -0.130. The summed E-state index contributed by atoms with van der Waals surface area (Å²) < 4.78 is 0. The van der Waals surface area contributed by atoms with E-state index in [-0.39, 0.29) is 11.9 Å². The Kier molecular flexibility index (Phi) is 6.87. The molecule has 14 heavy (non-hydrogen) atoms. The van der Waals surface area contributed by atoms with Gasteiger partial charge in [-0.05, 0) is 13.3 Å². The van der Waals surface area contributed by atoms with Crippen molar-refractivity contribution in [2.45, 2.75) is 39.2 Å². The number of nitrogens with two attached hydrogens (primary N) is 1. The number of nitrogens with zero attached hydrogens (tertiary/aromatic N) is 1. The zero-order valence-corrected chi connectivity index (χ0v) is 9.12. The molecule has 1 atom stereocenters. The summed E-state index contributed by atoms with van der Waals surface area (Å²) in [4.78, 5) is 13.2. The third-order valence-electron chi connectivity index (χ3n) is 2.11. The first kappa shape index (κ1) is 13.0. The molecular formula is C11H20N2O. The Hall–Kier alpha value is -1.01. The molecule has 0 spiro atoms. The van der Waals surface area contributed by atoms with Crippen molar-refractivity contribution >= 4 is 5.91 Å². The maximum atomic E-state index is 11.6. The van der Waals surface area contributed by atoms with Crippen LogP contribution in [-0.2, 0) is 4.79 Å². The van der Waals surface area contributed by atoms with Gasteiger partial charge >= 0.3 is 0 Å². The summed E-state index contributed by atoms with van der Waals surface area (Å²) >= 11 is 0. The fraction of sp³-hybridized carbons (Fsp3) is 0.727. The average Bonchev–Trinajstić information content (AvgIpc) is 2.14. The molecule has 0 aliphatic heterocycles. The number of carbonyl (C=O) groups is 1. The molecule has 0 rings (SSSR count). The van der Waals surface area contributed by atoms with Crippen molar-refractivity contribution in [3.8, 4) is 12.3 Å². The largest absolute Gasteiger partial charge is 0.332 e. The first-order chi connectivity index (χ1) is 6.65. The highest BCUT2D eigenvalue weighted by molar-refractivity contribution is 5.77. The Morgan fingerprint density at radius 2 is 2.21 bits per heavy atom. The summed E-state index contributed by atoms with van der Waals surface area (Å²) in [5.74, 6) is 2.53. The number of hydrogen-bond donors (Lipinski definition) is 1. The first-order valence-electron chi connectivity index (χ1n) is 5.12. The lowest BCUT2D eigenvalue weighted by atomic mass is 10.1. The van der Waals surface area contributed by atoms with Crippen LogP contribution in [0.1, 0.15) is 33.1 Å². The molecule has 0 aliphatic rings. The second kappa shape index (κ2) is 7.40. The van der Waals surface area contributed by atoms with E-state index in [1.807, 2.05) is 6.92 Å². The van der Waals surface area contributed by atoms with Gasteiger partial charge in [-0.3, -0.25) is 4.79 Å². The standard InChI is InChI=1S/C11H20N2O/c1-4-7-10(12)9-11(14)13(6-3)8-5-2/h2,10H,4,6-9,12H2,1,3H3. The van der Waals surface area contributed by atoms with Crippen LogP contribution in [0.2, 0.25) is 0 Å². The van der Waals surface area contributed by atoms with Crippen molar-refractivity contribution in [2.24, 2.45) is 5.73 Å². The van der Waals surface area contributed by atoms with Gasteiger partial charge in [-0.2, -0.15) is 0 Å². The number of hydrogen-bond acceptors (Lipinski definition) is 2. The van der Waals surface area contributed by atoms with Crippen molar-refractivity contribution < 1.29 is 4.79 Å². The quantitative estimate of drug-likeness (QED) is 0.644. The predicted octanol–water partition coefficient (Wildman–Crippen LogP) is 0.986. The van der Waals surface area contributed by atoms with E-state index in [1.165, 1.54) is 0 Å². The molecule has 3 nitrogen and oxygen atoms in total. The Labute approximate surface area is 86.6 Å². The molecule has 3 heteroatoms. The number of amides is 1. The van der Waals surface area contributed by atoms with Crippen molar-refractivity contribution in [1.82, 2.24) is 4.90 Å². The average molecular weight is 196 g/mol. The lowest BCUT2D eigenvalue weighted by Crippen LogP contribution is -2.36. The van der Waals surface area contributed by atoms with Crippen LogP contribution < -0.4 is 5.73 Å². The zero-order chi connectivity index (χ0) is 11.0. The summed E-state index contributed by atoms with van der Waals surface area (Å²) in [5.41, 5.74) is 5.77. The smallest absolute Gasteiger partial charge is 0.224 e. The molecule has 0 aromatic heterocycles. The highest BCUT2D eigenvalue weighted by Crippen LogP contribution is 2.02. The van der Waals surface area contributed by atoms with Crippen molar-refractivity contribution in [2.75, 3.05) is 13.1 Å². The third-order valence-corrected chi connectivity index (χ3v) is 2.11. The summed E-state index contributed by atoms with van der Waals surface area (Å²) in [5, 5.41) is 0. The predicted molar refractivity (Wildman–Crippen MR) is 58.6 cm³/mol. The molecule has 0 saturated carbocycles. The van der Waals surface area contributed by atoms with E-state index in [0.717, 1.165) is 12.8 Å². The van der Waals surface area contributed by atoms with Gasteiger partial charge in [0.05, 0.1) is 6.54 Å². The van der Waals surface area contributed by atoms with E-state index in [1.54, 1.807) is 4.90 Å². The fourth-order valence-corrected chi connectivity index (χ4v) is 1.31. The summed E-state index contributed by atoms with van der Waals surface area (Å²) in [6.45, 7) is 5.01. The van der Waals surface area contributed by atoms with Gasteiger partial charge in [-0.25, -0.2) is 0 Å². The highest BCUT2D eigenvalue weighted by Gasteiger charge is 2.13. The number of rotatable bonds is 6. The van der Waals surface area contributed by atoms with E-state index in [0.29, 0.717) is 19.5 Å². The van der Waals surface area contributed by atoms with Gasteiger partial charge < -0.3 is 10.6 Å². The molecule has 0 heterocycles. The third kappa shape index (κ3) is 4.88. The first-order valence-corrected chi connectivity index (χ1v) is 5.12. The summed E-state index contributed by atoms with van der Waals surface area (Å²) in [6, 6.07) is -0.0284. The van der Waals surface area contributed by atoms with Gasteiger partial charge in [0.2, 0.25) is 5.91 Å². The van der Waals surface area contributed by atoms with Crippen LogP contribution >= 0.6 is 0 Å². The van der Waals surface area contributed by atoms with Crippen molar-refractivity contribution in [3.05, 3.63) is 0 Å². The highest BCUT2D eigenvalue weighted by atomic mass is 16.2. The summed E-state index contributed by atoms with van der Waals surface area (Å²) in [6.07, 6.45) is 7.46. The van der Waals surface area contributed by atoms with E-state index < -0.39 is 0 Å². The second-order valence-electron chi connectivity index (χ2n) is 3.36. The van der Waals surface area contributed by atoms with Crippen molar-refractivity contribution in [1.29, 1.82) is 0 Å². The van der Waals surface area contributed by atoms with Crippen LogP contribution in [0, 0.1) is 12.3 Å². The van der Waals surface area contributed by atoms with Crippen LogP contribution in [-0.4, -0.2) is 29.9 Å². The van der Waals surface area contributed by atoms with E-state index in [2.05, 4.69) is 12.8 Å². The maximum Gasteiger partial charge on any atom is 0.224 e. The maximum absolute atomic E-state index is 11.6. The minimum Gasteiger partial charge on any atom is -0.332 e. The van der Waals surface area contributed by atoms with E-state index in [4.69, 9.17) is 12.2 Å². The Balaban J connectivity index is 3.98. The van der Waals surface area contributed by atoms with Gasteiger partial charge in [0, 0.05) is 19.0 Å². The molecule has 0 saturated heterocycles. The summed E-state index contributed by atoms with van der Waals surface area (Å²) in [7, 11) is 0. The van der Waals surface area contributed by atoms with Crippen LogP contribution in [0.15, 0.2) is 0 Å². The number of terminal acetylenes is 1. The molecule has 1 unspecified atom stereocenters. The topological polar surface area (TPSA) is 46.3 Å². The monoisotopic (exact) mass is 196 g/mol. The van der Waals surface area contributed by atoms with Gasteiger partial charge in [0.1, 0.15) is 0 Å². The molecular weight excluding hydrogens is 176 g/mol. The van der Waals surface area contributed by atoms with Crippen molar-refractivity contribution in [3.63, 3.8) is 0 Å². The van der Waals surface area contributed by atoms with Crippen LogP contribution in [0.5, 0.6) is 0 Å². The number of carbonyl (C=O) groups excluding carboxylic acids is 1. The molecule has 2 N–H and O–H groups in total. The Morgan fingerprint density at radius 1 is 1.57 bits per heavy atom. The fourth-order valence-electron chi connectivity index (χ4n) is 1.31. The van der Waals surface area contributed by atoms with E-state index >= 15 is 0 Å². The Bertz CT molecular complexity index is 208. The molecule has 0 aromatic rings. The minimum absolute atomic E-state index is 0.0284. The van der Waals surface area contributed by atoms with Gasteiger partial charge in [-0.15, -0.1) is 6.42 Å². The van der Waals surface area contributed by atoms with Gasteiger partial charge in [0.25, 0.3) is 0 Å². The van der Waals surface area contributed by atoms with Crippen LogP contribution in [0.3, 0.4) is 0 Å². The minimum atomic E-state index is -0.0284. The molecule has 0 bridgehead atoms. The lowest BCUT2D eigenvalue weighted by Gasteiger charge is -2.20. The van der Waals surface area contributed by atoms with Crippen LogP contribution in [0.4, 0.5) is 0 Å². The van der Waals surface area contributed by atoms with Crippen LogP contribution in [0.25, 0.3) is 0 Å². The SMILES string of the molecule is C#CCN(CC)C(=O)CC(N)CCC. The molecule has 80 valence electrons. The molecule has 0 radical (unpaired) electrons. The molecule has 0 aromatic carbocycles. The molecule has 0 aliphatic carbocycles. The Morgan fingerprint density at radius 3 is 2.64 bits per heavy atom. The van der Waals surface area contributed by atoms with Gasteiger partial charge in [0.15, 0.2) is 0 Å². The second-order valence-corrected chi connectivity index (χ2v) is 3.36. The zero-order valence-electron chi connectivity index (χ0n) is 9.12. The normalized spacial score (nSPS) is 11.9. The van der Waals surface area contributed by atoms with Gasteiger partial charge in [-0.1, -0.05) is 19.3 Å².